The van der Waals surface area contributed by atoms with E-state index in [1.54, 1.807) is 17.4 Å². The summed E-state index contributed by atoms with van der Waals surface area (Å²) in [6.45, 7) is 0. The highest BCUT2D eigenvalue weighted by Crippen LogP contribution is 2.32. The summed E-state index contributed by atoms with van der Waals surface area (Å²) in [4.78, 5) is 6.61. The number of hydrogen-bond acceptors (Lipinski definition) is 4. The quantitative estimate of drug-likeness (QED) is 0.704. The number of nitrogens with zero attached hydrogens (tertiary/aromatic N) is 3. The molecule has 0 atom stereocenters. The molecule has 0 radical (unpaired) electrons. The van der Waals surface area contributed by atoms with Crippen molar-refractivity contribution in [1.82, 2.24) is 4.98 Å². The summed E-state index contributed by atoms with van der Waals surface area (Å²) in [6.07, 6.45) is 0. The molecule has 2 aromatic carbocycles. The second kappa shape index (κ2) is 4.71. The van der Waals surface area contributed by atoms with Crippen molar-refractivity contribution in [2.24, 2.45) is 0 Å². The first-order valence-corrected chi connectivity index (χ1v) is 6.69. The van der Waals surface area contributed by atoms with Crippen molar-refractivity contribution in [2.45, 2.75) is 0 Å². The average Bonchev–Trinajstić information content (AvgIpc) is 2.90. The van der Waals surface area contributed by atoms with Crippen molar-refractivity contribution in [3.8, 4) is 6.07 Å². The number of rotatable bonds is 2. The van der Waals surface area contributed by atoms with E-state index in [0.717, 1.165) is 16.3 Å². The van der Waals surface area contributed by atoms with Crippen molar-refractivity contribution in [2.75, 3.05) is 11.9 Å². The third kappa shape index (κ3) is 2.16. The fraction of sp³-hybridized carbons (Fsp3) is 0.0667. The van der Waals surface area contributed by atoms with Crippen LogP contribution in [0.4, 0.5) is 10.8 Å². The van der Waals surface area contributed by atoms with E-state index in [1.807, 2.05) is 48.3 Å². The molecule has 1 aromatic heterocycles. The van der Waals surface area contributed by atoms with Gasteiger partial charge in [-0.25, -0.2) is 4.98 Å². The Balaban J connectivity index is 2.03. The molecular formula is C15H11N3S. The van der Waals surface area contributed by atoms with Crippen LogP contribution in [0.3, 0.4) is 0 Å². The molecule has 0 N–H and O–H groups in total. The third-order valence-corrected chi connectivity index (χ3v) is 4.04. The van der Waals surface area contributed by atoms with Crippen LogP contribution < -0.4 is 4.90 Å². The normalized spacial score (nSPS) is 10.3. The molecule has 19 heavy (non-hydrogen) atoms. The number of hydrogen-bond donors (Lipinski definition) is 0. The van der Waals surface area contributed by atoms with Crippen molar-refractivity contribution >= 4 is 32.4 Å². The summed E-state index contributed by atoms with van der Waals surface area (Å²) in [5.41, 5.74) is 2.63. The van der Waals surface area contributed by atoms with Crippen LogP contribution >= 0.6 is 11.3 Å². The maximum absolute atomic E-state index is 8.95. The molecule has 0 amide bonds. The lowest BCUT2D eigenvalue weighted by Gasteiger charge is -2.15. The van der Waals surface area contributed by atoms with E-state index in [4.69, 9.17) is 5.26 Å². The SMILES string of the molecule is CN(c1cccc(C#N)c1)c1nc2ccccc2s1. The van der Waals surface area contributed by atoms with E-state index in [0.29, 0.717) is 5.56 Å². The van der Waals surface area contributed by atoms with E-state index in [9.17, 15) is 0 Å². The number of thiazole rings is 1. The number of anilines is 2. The Morgan fingerprint density at radius 3 is 2.79 bits per heavy atom. The fourth-order valence-electron chi connectivity index (χ4n) is 1.90. The number of aromatic nitrogens is 1. The third-order valence-electron chi connectivity index (χ3n) is 2.93. The van der Waals surface area contributed by atoms with E-state index in [2.05, 4.69) is 17.1 Å². The van der Waals surface area contributed by atoms with Gasteiger partial charge in [0.05, 0.1) is 21.8 Å². The van der Waals surface area contributed by atoms with Crippen LogP contribution in [0.2, 0.25) is 0 Å². The molecule has 0 aliphatic carbocycles. The van der Waals surface area contributed by atoms with Gasteiger partial charge >= 0.3 is 0 Å². The molecule has 0 aliphatic heterocycles. The minimum Gasteiger partial charge on any atom is -0.321 e. The van der Waals surface area contributed by atoms with Crippen LogP contribution in [-0.2, 0) is 0 Å². The topological polar surface area (TPSA) is 39.9 Å². The molecule has 0 aliphatic rings. The van der Waals surface area contributed by atoms with E-state index in [-0.39, 0.29) is 0 Å². The summed E-state index contributed by atoms with van der Waals surface area (Å²) >= 11 is 1.65. The van der Waals surface area contributed by atoms with E-state index >= 15 is 0 Å². The zero-order valence-corrected chi connectivity index (χ0v) is 11.2. The van der Waals surface area contributed by atoms with Gasteiger partial charge in [0.1, 0.15) is 0 Å². The maximum atomic E-state index is 8.95. The largest absolute Gasteiger partial charge is 0.321 e. The smallest absolute Gasteiger partial charge is 0.190 e. The molecule has 0 unspecified atom stereocenters. The zero-order chi connectivity index (χ0) is 13.2. The van der Waals surface area contributed by atoms with Crippen LogP contribution in [0.5, 0.6) is 0 Å². The number of benzene rings is 2. The van der Waals surface area contributed by atoms with Crippen molar-refractivity contribution in [3.63, 3.8) is 0 Å². The predicted octanol–water partition coefficient (Wildman–Crippen LogP) is 3.94. The molecule has 0 fully saturated rings. The molecular weight excluding hydrogens is 254 g/mol. The van der Waals surface area contributed by atoms with E-state index in [1.165, 1.54) is 4.70 Å². The fourth-order valence-corrected chi connectivity index (χ4v) is 2.85. The van der Waals surface area contributed by atoms with Crippen LogP contribution in [0.15, 0.2) is 48.5 Å². The summed E-state index contributed by atoms with van der Waals surface area (Å²) in [5.74, 6) is 0. The Morgan fingerprint density at radius 1 is 1.16 bits per heavy atom. The highest BCUT2D eigenvalue weighted by atomic mass is 32.1. The van der Waals surface area contributed by atoms with Gasteiger partial charge in [-0.3, -0.25) is 0 Å². The molecule has 0 spiro atoms. The first kappa shape index (κ1) is 11.7. The Bertz CT molecular complexity index is 737. The summed E-state index contributed by atoms with van der Waals surface area (Å²) < 4.78 is 1.17. The maximum Gasteiger partial charge on any atom is 0.190 e. The van der Waals surface area contributed by atoms with Gasteiger partial charge < -0.3 is 4.90 Å². The first-order chi connectivity index (χ1) is 9.28. The number of para-hydroxylation sites is 1. The second-order valence-corrected chi connectivity index (χ2v) is 5.19. The van der Waals surface area contributed by atoms with Gasteiger partial charge in [-0.1, -0.05) is 29.5 Å². The van der Waals surface area contributed by atoms with Crippen LogP contribution in [0, 0.1) is 11.3 Å². The Morgan fingerprint density at radius 2 is 2.00 bits per heavy atom. The summed E-state index contributed by atoms with van der Waals surface area (Å²) in [6, 6.07) is 17.8. The molecule has 1 heterocycles. The van der Waals surface area contributed by atoms with Gasteiger partial charge in [-0.05, 0) is 30.3 Å². The minimum absolute atomic E-state index is 0.658. The Hall–Kier alpha value is -2.38. The lowest BCUT2D eigenvalue weighted by Crippen LogP contribution is -2.08. The summed E-state index contributed by atoms with van der Waals surface area (Å²) in [7, 11) is 1.97. The molecule has 3 nitrogen and oxygen atoms in total. The van der Waals surface area contributed by atoms with Crippen LogP contribution in [0.25, 0.3) is 10.2 Å². The Labute approximate surface area is 115 Å². The highest BCUT2D eigenvalue weighted by Gasteiger charge is 2.10. The standard InChI is InChI=1S/C15H11N3S/c1-18(12-6-4-5-11(9-12)10-16)15-17-13-7-2-3-8-14(13)19-15/h2-9H,1H3. The van der Waals surface area contributed by atoms with E-state index < -0.39 is 0 Å². The second-order valence-electron chi connectivity index (χ2n) is 4.19. The summed E-state index contributed by atoms with van der Waals surface area (Å²) in [5, 5.41) is 9.87. The van der Waals surface area contributed by atoms with Gasteiger partial charge in [0.2, 0.25) is 0 Å². The van der Waals surface area contributed by atoms with Crippen molar-refractivity contribution in [3.05, 3.63) is 54.1 Å². The van der Waals surface area contributed by atoms with Gasteiger partial charge in [0.25, 0.3) is 0 Å². The molecule has 3 aromatic rings. The lowest BCUT2D eigenvalue weighted by atomic mass is 10.2. The molecule has 0 saturated heterocycles. The number of nitriles is 1. The van der Waals surface area contributed by atoms with Gasteiger partial charge in [-0.2, -0.15) is 5.26 Å². The van der Waals surface area contributed by atoms with Gasteiger partial charge in [0.15, 0.2) is 5.13 Å². The van der Waals surface area contributed by atoms with Crippen LogP contribution in [0.1, 0.15) is 5.56 Å². The molecule has 3 rings (SSSR count). The highest BCUT2D eigenvalue weighted by molar-refractivity contribution is 7.22. The van der Waals surface area contributed by atoms with Gasteiger partial charge in [0, 0.05) is 12.7 Å². The van der Waals surface area contributed by atoms with Crippen molar-refractivity contribution < 1.29 is 0 Å². The minimum atomic E-state index is 0.658. The molecule has 92 valence electrons. The molecule has 0 saturated carbocycles. The predicted molar refractivity (Wildman–Crippen MR) is 78.8 cm³/mol. The van der Waals surface area contributed by atoms with Crippen molar-refractivity contribution in [1.29, 1.82) is 5.26 Å². The first-order valence-electron chi connectivity index (χ1n) is 5.87. The number of fused-ring (bicyclic) bond motifs is 1. The monoisotopic (exact) mass is 265 g/mol. The zero-order valence-electron chi connectivity index (χ0n) is 10.4. The van der Waals surface area contributed by atoms with Crippen LogP contribution in [-0.4, -0.2) is 12.0 Å². The average molecular weight is 265 g/mol. The molecule has 4 heteroatoms. The Kier molecular flexibility index (Phi) is 2.90. The van der Waals surface area contributed by atoms with Gasteiger partial charge in [-0.15, -0.1) is 0 Å². The lowest BCUT2D eigenvalue weighted by molar-refractivity contribution is 1.18. The molecule has 0 bridgehead atoms.